The lowest BCUT2D eigenvalue weighted by atomic mass is 9.77. The van der Waals surface area contributed by atoms with Gasteiger partial charge in [0, 0.05) is 19.3 Å². The molecule has 3 aliphatic heterocycles. The molecule has 8 nitrogen and oxygen atoms in total. The number of rotatable bonds is 3. The average molecular weight is 352 g/mol. The number of aliphatic hydroxyl groups is 3. The number of fused-ring (bicyclic) bond motifs is 6. The molecule has 0 fully saturated rings. The Labute approximate surface area is 143 Å². The lowest BCUT2D eigenvalue weighted by Gasteiger charge is -2.50. The molecule has 3 heterocycles. The van der Waals surface area contributed by atoms with Crippen molar-refractivity contribution in [3.63, 3.8) is 0 Å². The normalized spacial score (nSPS) is 34.9. The first-order chi connectivity index (χ1) is 11.7. The van der Waals surface area contributed by atoms with Gasteiger partial charge in [0.25, 0.3) is 0 Å². The van der Waals surface area contributed by atoms with Gasteiger partial charge in [-0.2, -0.15) is 0 Å². The zero-order valence-electron chi connectivity index (χ0n) is 14.2. The van der Waals surface area contributed by atoms with Crippen molar-refractivity contribution in [3.8, 4) is 11.5 Å². The molecule has 3 N–H and O–H groups in total. The predicted octanol–water partition coefficient (Wildman–Crippen LogP) is 1.28. The fraction of sp³-hybridized carbons (Fsp3) is 0.588. The maximum atomic E-state index is 12.5. The minimum Gasteiger partial charge on any atom is -0.457 e. The van der Waals surface area contributed by atoms with Gasteiger partial charge in [0.2, 0.25) is 11.6 Å². The van der Waals surface area contributed by atoms with Crippen molar-refractivity contribution in [3.05, 3.63) is 22.3 Å². The van der Waals surface area contributed by atoms with Gasteiger partial charge in [0.1, 0.15) is 17.1 Å². The molecule has 1 aromatic carbocycles. The number of hydrogen-bond donors (Lipinski definition) is 3. The summed E-state index contributed by atoms with van der Waals surface area (Å²) in [5, 5.41) is 32.3. The molecule has 0 radical (unpaired) electrons. The molecule has 3 aliphatic rings. The van der Waals surface area contributed by atoms with Crippen LogP contribution >= 0.6 is 0 Å². The molecular weight excluding hydrogens is 332 g/mol. The van der Waals surface area contributed by atoms with Crippen LogP contribution in [0.25, 0.3) is 0 Å². The second-order valence-electron chi connectivity index (χ2n) is 6.47. The average Bonchev–Trinajstić information content (AvgIpc) is 2.69. The molecule has 0 aromatic heterocycles. The van der Waals surface area contributed by atoms with Crippen molar-refractivity contribution in [2.24, 2.45) is 0 Å². The largest absolute Gasteiger partial charge is 0.457 e. The molecule has 25 heavy (non-hydrogen) atoms. The van der Waals surface area contributed by atoms with Crippen LogP contribution in [0.3, 0.4) is 0 Å². The zero-order chi connectivity index (χ0) is 18.2. The first kappa shape index (κ1) is 16.6. The first-order valence-corrected chi connectivity index (χ1v) is 8.36. The molecule has 0 aliphatic carbocycles. The Bertz CT molecular complexity index is 790. The van der Waals surface area contributed by atoms with Crippen molar-refractivity contribution >= 4 is 5.97 Å². The van der Waals surface area contributed by atoms with Crippen molar-refractivity contribution < 1.29 is 39.1 Å². The van der Waals surface area contributed by atoms with E-state index >= 15 is 0 Å². The van der Waals surface area contributed by atoms with E-state index in [1.54, 1.807) is 20.8 Å². The summed E-state index contributed by atoms with van der Waals surface area (Å²) in [6.45, 7) is 4.66. The summed E-state index contributed by atoms with van der Waals surface area (Å²) in [4.78, 5) is 12.5. The maximum Gasteiger partial charge on any atom is 0.341 e. The standard InChI is InChI=1S/C17H20O8/c1-4-15(19)9-8(14(18)22-7-23-15)10-13(24-16(10,20)5-2)11-12(9)25-17(11,21)6-3/h19-21H,4-7H2,1-3H3. The monoisotopic (exact) mass is 352 g/mol. The van der Waals surface area contributed by atoms with Crippen molar-refractivity contribution in [1.82, 2.24) is 0 Å². The molecule has 8 heteroatoms. The van der Waals surface area contributed by atoms with Gasteiger partial charge in [-0.25, -0.2) is 4.79 Å². The highest BCUT2D eigenvalue weighted by Crippen LogP contribution is 2.63. The first-order valence-electron chi connectivity index (χ1n) is 8.36. The Balaban J connectivity index is 2.09. The van der Waals surface area contributed by atoms with Crippen LogP contribution < -0.4 is 9.47 Å². The third kappa shape index (κ3) is 1.82. The van der Waals surface area contributed by atoms with Crippen LogP contribution in [0.1, 0.15) is 67.1 Å². The van der Waals surface area contributed by atoms with Gasteiger partial charge < -0.3 is 34.3 Å². The van der Waals surface area contributed by atoms with E-state index in [0.29, 0.717) is 5.56 Å². The molecule has 4 rings (SSSR count). The number of carbonyl (C=O) groups excluding carboxylic acids is 1. The number of cyclic esters (lactones) is 1. The summed E-state index contributed by atoms with van der Waals surface area (Å²) in [6.07, 6.45) is 0.519. The van der Waals surface area contributed by atoms with Gasteiger partial charge >= 0.3 is 5.97 Å². The fourth-order valence-corrected chi connectivity index (χ4v) is 3.66. The number of esters is 1. The van der Waals surface area contributed by atoms with Gasteiger partial charge in [-0.15, -0.1) is 0 Å². The Hall–Kier alpha value is -1.87. The molecule has 0 saturated heterocycles. The molecule has 3 unspecified atom stereocenters. The third-order valence-corrected chi connectivity index (χ3v) is 5.25. The molecule has 3 atom stereocenters. The number of ether oxygens (including phenoxy) is 4. The highest BCUT2D eigenvalue weighted by Gasteiger charge is 2.61. The lowest BCUT2D eigenvalue weighted by molar-refractivity contribution is -0.250. The van der Waals surface area contributed by atoms with Gasteiger partial charge in [-0.05, 0) is 0 Å². The molecular formula is C17H20O8. The summed E-state index contributed by atoms with van der Waals surface area (Å²) in [7, 11) is 0. The Morgan fingerprint density at radius 1 is 0.840 bits per heavy atom. The summed E-state index contributed by atoms with van der Waals surface area (Å²) in [6, 6.07) is 0. The van der Waals surface area contributed by atoms with E-state index < -0.39 is 30.1 Å². The molecule has 0 bridgehead atoms. The van der Waals surface area contributed by atoms with Crippen LogP contribution in [-0.4, -0.2) is 28.1 Å². The number of carbonyl (C=O) groups is 1. The molecule has 0 saturated carbocycles. The van der Waals surface area contributed by atoms with Crippen molar-refractivity contribution in [1.29, 1.82) is 0 Å². The number of benzene rings is 1. The molecule has 0 amide bonds. The highest BCUT2D eigenvalue weighted by atomic mass is 16.7. The Kier molecular flexibility index (Phi) is 3.22. The topological polar surface area (TPSA) is 115 Å². The maximum absolute atomic E-state index is 12.5. The number of hydrogen-bond acceptors (Lipinski definition) is 8. The minimum absolute atomic E-state index is 0.0237. The van der Waals surface area contributed by atoms with E-state index in [-0.39, 0.29) is 47.5 Å². The second-order valence-corrected chi connectivity index (χ2v) is 6.47. The predicted molar refractivity (Wildman–Crippen MR) is 81.6 cm³/mol. The van der Waals surface area contributed by atoms with E-state index in [9.17, 15) is 20.1 Å². The summed E-state index contributed by atoms with van der Waals surface area (Å²) < 4.78 is 21.4. The van der Waals surface area contributed by atoms with Crippen LogP contribution in [0.5, 0.6) is 11.5 Å². The summed E-state index contributed by atoms with van der Waals surface area (Å²) in [5.41, 5.74) is 0.553. The van der Waals surface area contributed by atoms with Crippen LogP contribution in [0.4, 0.5) is 0 Å². The Morgan fingerprint density at radius 2 is 1.32 bits per heavy atom. The Morgan fingerprint density at radius 3 is 1.84 bits per heavy atom. The lowest BCUT2D eigenvalue weighted by Crippen LogP contribution is -2.51. The highest BCUT2D eigenvalue weighted by molar-refractivity contribution is 5.97. The third-order valence-electron chi connectivity index (χ3n) is 5.25. The van der Waals surface area contributed by atoms with Crippen LogP contribution in [0.15, 0.2) is 0 Å². The van der Waals surface area contributed by atoms with Gasteiger partial charge in [-0.1, -0.05) is 20.8 Å². The van der Waals surface area contributed by atoms with Crippen molar-refractivity contribution in [2.45, 2.75) is 57.4 Å². The minimum atomic E-state index is -1.85. The van der Waals surface area contributed by atoms with Gasteiger partial charge in [-0.3, -0.25) is 0 Å². The van der Waals surface area contributed by atoms with Crippen LogP contribution in [0.2, 0.25) is 0 Å². The molecule has 1 aromatic rings. The van der Waals surface area contributed by atoms with Crippen LogP contribution in [0, 0.1) is 0 Å². The quantitative estimate of drug-likeness (QED) is 0.697. The molecule has 136 valence electrons. The second kappa shape index (κ2) is 4.85. The van der Waals surface area contributed by atoms with Crippen molar-refractivity contribution in [2.75, 3.05) is 6.79 Å². The van der Waals surface area contributed by atoms with Gasteiger partial charge in [0.15, 0.2) is 12.6 Å². The smallest absolute Gasteiger partial charge is 0.341 e. The van der Waals surface area contributed by atoms with Gasteiger partial charge in [0.05, 0.1) is 16.7 Å². The van der Waals surface area contributed by atoms with E-state index in [2.05, 4.69) is 0 Å². The summed E-state index contributed by atoms with van der Waals surface area (Å²) in [5.74, 6) is -5.56. The van der Waals surface area contributed by atoms with Crippen LogP contribution in [-0.2, 0) is 26.8 Å². The van der Waals surface area contributed by atoms with E-state index in [0.717, 1.165) is 0 Å². The summed E-state index contributed by atoms with van der Waals surface area (Å²) >= 11 is 0. The fourth-order valence-electron chi connectivity index (χ4n) is 3.66. The van der Waals surface area contributed by atoms with E-state index in [4.69, 9.17) is 18.9 Å². The van der Waals surface area contributed by atoms with E-state index in [1.807, 2.05) is 0 Å². The zero-order valence-corrected chi connectivity index (χ0v) is 14.2. The SMILES string of the molecule is CCC1(O)Oc2c1c1c(c3c2C(O)(CC)OCOC3=O)C(O)(CC)O1. The molecule has 0 spiro atoms. The van der Waals surface area contributed by atoms with E-state index in [1.165, 1.54) is 0 Å².